The van der Waals surface area contributed by atoms with Crippen molar-refractivity contribution in [2.45, 2.75) is 6.92 Å². The molecule has 6 nitrogen and oxygen atoms in total. The number of nitrogens with two attached hydrogens (primary N) is 1. The number of aromatic nitrogens is 1. The van der Waals surface area contributed by atoms with Crippen molar-refractivity contribution < 1.29 is 4.79 Å². The number of benzene rings is 2. The number of anilines is 3. The van der Waals surface area contributed by atoms with Crippen molar-refractivity contribution in [3.63, 3.8) is 0 Å². The lowest BCUT2D eigenvalue weighted by molar-refractivity contribution is 0.102. The number of carbonyl (C=O) groups is 1. The average molecular weight is 394 g/mol. The summed E-state index contributed by atoms with van der Waals surface area (Å²) in [5, 5.41) is 8.61. The number of hydrogen-bond donors (Lipinski definition) is 3. The van der Waals surface area contributed by atoms with Crippen LogP contribution in [0.3, 0.4) is 0 Å². The minimum Gasteiger partial charge on any atom is -0.397 e. The van der Waals surface area contributed by atoms with Crippen LogP contribution < -0.4 is 21.3 Å². The smallest absolute Gasteiger partial charge is 0.284 e. The van der Waals surface area contributed by atoms with Crippen molar-refractivity contribution in [1.29, 1.82) is 0 Å². The van der Waals surface area contributed by atoms with Crippen molar-refractivity contribution in [2.24, 2.45) is 0 Å². The molecule has 1 aliphatic heterocycles. The van der Waals surface area contributed by atoms with Crippen LogP contribution in [-0.4, -0.2) is 37.1 Å². The molecule has 0 saturated carbocycles. The number of hydrogen-bond acceptors (Lipinski definition) is 6. The Morgan fingerprint density at radius 1 is 1.14 bits per heavy atom. The summed E-state index contributed by atoms with van der Waals surface area (Å²) in [6, 6.07) is 13.9. The van der Waals surface area contributed by atoms with E-state index in [1.807, 2.05) is 23.6 Å². The van der Waals surface area contributed by atoms with Crippen LogP contribution in [0.1, 0.15) is 15.4 Å². The van der Waals surface area contributed by atoms with Crippen molar-refractivity contribution in [3.05, 3.63) is 58.4 Å². The van der Waals surface area contributed by atoms with E-state index in [1.54, 1.807) is 0 Å². The standard InChI is InChI=1S/C21H23N5OS/c1-14-2-4-15(5-3-14)16-6-7-17(22)18(12-16)24-20(27)21-25-19(13-28-21)26-10-8-23-9-11-26/h2-7,12-13,23H,8-11,22H2,1H3,(H,24,27). The molecule has 7 heteroatoms. The molecular weight excluding hydrogens is 370 g/mol. The number of nitrogens with zero attached hydrogens (tertiary/aromatic N) is 2. The Hall–Kier alpha value is -2.90. The second kappa shape index (κ2) is 8.00. The van der Waals surface area contributed by atoms with E-state index in [0.29, 0.717) is 16.4 Å². The maximum atomic E-state index is 12.7. The largest absolute Gasteiger partial charge is 0.397 e. The van der Waals surface area contributed by atoms with E-state index in [4.69, 9.17) is 5.73 Å². The van der Waals surface area contributed by atoms with Gasteiger partial charge in [0.15, 0.2) is 5.01 Å². The van der Waals surface area contributed by atoms with Gasteiger partial charge in [-0.15, -0.1) is 11.3 Å². The van der Waals surface area contributed by atoms with E-state index in [2.05, 4.69) is 51.7 Å². The fraction of sp³-hybridized carbons (Fsp3) is 0.238. The third kappa shape index (κ3) is 4.00. The van der Waals surface area contributed by atoms with Crippen LogP contribution in [-0.2, 0) is 0 Å². The first-order chi connectivity index (χ1) is 13.6. The highest BCUT2D eigenvalue weighted by Gasteiger charge is 2.17. The Labute approximate surface area is 168 Å². The molecular formula is C21H23N5OS. The second-order valence-electron chi connectivity index (χ2n) is 6.87. The molecule has 2 heterocycles. The van der Waals surface area contributed by atoms with E-state index in [1.165, 1.54) is 16.9 Å². The van der Waals surface area contributed by atoms with Gasteiger partial charge in [-0.1, -0.05) is 35.9 Å². The minimum atomic E-state index is -0.237. The highest BCUT2D eigenvalue weighted by Crippen LogP contribution is 2.28. The second-order valence-corrected chi connectivity index (χ2v) is 7.73. The molecule has 28 heavy (non-hydrogen) atoms. The van der Waals surface area contributed by atoms with Gasteiger partial charge in [-0.25, -0.2) is 4.98 Å². The van der Waals surface area contributed by atoms with Crippen LogP contribution in [0.15, 0.2) is 47.8 Å². The van der Waals surface area contributed by atoms with Crippen LogP contribution >= 0.6 is 11.3 Å². The van der Waals surface area contributed by atoms with E-state index in [-0.39, 0.29) is 5.91 Å². The highest BCUT2D eigenvalue weighted by atomic mass is 32.1. The first-order valence-corrected chi connectivity index (χ1v) is 10.2. The molecule has 0 radical (unpaired) electrons. The lowest BCUT2D eigenvalue weighted by atomic mass is 10.0. The lowest BCUT2D eigenvalue weighted by Crippen LogP contribution is -2.43. The number of rotatable bonds is 4. The van der Waals surface area contributed by atoms with Gasteiger partial charge in [-0.2, -0.15) is 0 Å². The first-order valence-electron chi connectivity index (χ1n) is 9.29. The summed E-state index contributed by atoms with van der Waals surface area (Å²) in [5.41, 5.74) is 10.5. The number of piperazine rings is 1. The normalized spacial score (nSPS) is 14.1. The average Bonchev–Trinajstić information content (AvgIpc) is 3.21. The van der Waals surface area contributed by atoms with Crippen molar-refractivity contribution in [2.75, 3.05) is 42.1 Å². The van der Waals surface area contributed by atoms with E-state index < -0.39 is 0 Å². The number of amides is 1. The first kappa shape index (κ1) is 18.5. The molecule has 2 aromatic carbocycles. The van der Waals surface area contributed by atoms with Crippen LogP contribution in [0.25, 0.3) is 11.1 Å². The summed E-state index contributed by atoms with van der Waals surface area (Å²) in [5.74, 6) is 0.622. The molecule has 0 spiro atoms. The van der Waals surface area contributed by atoms with Crippen LogP contribution in [0.5, 0.6) is 0 Å². The molecule has 0 atom stereocenters. The summed E-state index contributed by atoms with van der Waals surface area (Å²) in [6.07, 6.45) is 0. The van der Waals surface area contributed by atoms with Crippen LogP contribution in [0, 0.1) is 6.92 Å². The molecule has 0 aliphatic carbocycles. The number of nitrogens with one attached hydrogen (secondary N) is 2. The highest BCUT2D eigenvalue weighted by molar-refractivity contribution is 7.12. The van der Waals surface area contributed by atoms with Crippen molar-refractivity contribution in [1.82, 2.24) is 10.3 Å². The minimum absolute atomic E-state index is 0.237. The predicted molar refractivity (Wildman–Crippen MR) is 116 cm³/mol. The Morgan fingerprint density at radius 2 is 1.86 bits per heavy atom. The SMILES string of the molecule is Cc1ccc(-c2ccc(N)c(NC(=O)c3nc(N4CCNCC4)cs3)c2)cc1. The summed E-state index contributed by atoms with van der Waals surface area (Å²) in [4.78, 5) is 19.4. The Balaban J connectivity index is 1.52. The summed E-state index contributed by atoms with van der Waals surface area (Å²) in [7, 11) is 0. The fourth-order valence-electron chi connectivity index (χ4n) is 3.17. The Bertz CT molecular complexity index is 977. The zero-order valence-corrected chi connectivity index (χ0v) is 16.6. The Kier molecular flexibility index (Phi) is 5.27. The van der Waals surface area contributed by atoms with Gasteiger partial charge in [0, 0.05) is 31.6 Å². The van der Waals surface area contributed by atoms with Gasteiger partial charge < -0.3 is 21.3 Å². The van der Waals surface area contributed by atoms with Gasteiger partial charge in [0.05, 0.1) is 11.4 Å². The molecule has 4 rings (SSSR count). The van der Waals surface area contributed by atoms with E-state index in [9.17, 15) is 4.79 Å². The third-order valence-corrected chi connectivity index (χ3v) is 5.64. The topological polar surface area (TPSA) is 83.3 Å². The number of nitrogen functional groups attached to an aromatic ring is 1. The summed E-state index contributed by atoms with van der Waals surface area (Å²) >= 11 is 1.35. The maximum absolute atomic E-state index is 12.7. The molecule has 1 aromatic heterocycles. The monoisotopic (exact) mass is 393 g/mol. The van der Waals surface area contributed by atoms with Crippen LogP contribution in [0.2, 0.25) is 0 Å². The van der Waals surface area contributed by atoms with Gasteiger partial charge in [0.25, 0.3) is 5.91 Å². The molecule has 1 fully saturated rings. The Morgan fingerprint density at radius 3 is 2.61 bits per heavy atom. The molecule has 1 amide bonds. The number of aryl methyl sites for hydroxylation is 1. The maximum Gasteiger partial charge on any atom is 0.284 e. The quantitative estimate of drug-likeness (QED) is 0.592. The van der Waals surface area contributed by atoms with Gasteiger partial charge in [-0.3, -0.25) is 4.79 Å². The zero-order valence-electron chi connectivity index (χ0n) is 15.7. The molecule has 144 valence electrons. The molecule has 4 N–H and O–H groups in total. The van der Waals surface area contributed by atoms with Gasteiger partial charge in [0.2, 0.25) is 0 Å². The van der Waals surface area contributed by atoms with Gasteiger partial charge in [-0.05, 0) is 30.2 Å². The zero-order chi connectivity index (χ0) is 19.5. The van der Waals surface area contributed by atoms with Crippen molar-refractivity contribution in [3.8, 4) is 11.1 Å². The third-order valence-electron chi connectivity index (χ3n) is 4.81. The fourth-order valence-corrected chi connectivity index (χ4v) is 3.90. The number of carbonyl (C=O) groups excluding carboxylic acids is 1. The predicted octanol–water partition coefficient (Wildman–Crippen LogP) is 3.36. The summed E-state index contributed by atoms with van der Waals surface area (Å²) in [6.45, 7) is 5.72. The summed E-state index contributed by atoms with van der Waals surface area (Å²) < 4.78 is 0. The number of thiazole rings is 1. The molecule has 0 bridgehead atoms. The molecule has 1 aliphatic rings. The van der Waals surface area contributed by atoms with Crippen LogP contribution in [0.4, 0.5) is 17.2 Å². The molecule has 1 saturated heterocycles. The lowest BCUT2D eigenvalue weighted by Gasteiger charge is -2.27. The molecule has 0 unspecified atom stereocenters. The van der Waals surface area contributed by atoms with Gasteiger partial charge >= 0.3 is 0 Å². The van der Waals surface area contributed by atoms with E-state index in [0.717, 1.165) is 43.1 Å². The van der Waals surface area contributed by atoms with E-state index >= 15 is 0 Å². The van der Waals surface area contributed by atoms with Crippen molar-refractivity contribution >= 4 is 34.4 Å². The molecule has 3 aromatic rings. The van der Waals surface area contributed by atoms with Gasteiger partial charge in [0.1, 0.15) is 5.82 Å².